The third kappa shape index (κ3) is 4.79. The van der Waals surface area contributed by atoms with Crippen molar-refractivity contribution in [2.45, 2.75) is 70.5 Å². The van der Waals surface area contributed by atoms with E-state index in [0.29, 0.717) is 25.1 Å². The first-order chi connectivity index (χ1) is 14.4. The Morgan fingerprint density at radius 1 is 1.30 bits per heavy atom. The number of nitrogens with zero attached hydrogens (tertiary/aromatic N) is 3. The summed E-state index contributed by atoms with van der Waals surface area (Å²) in [6.07, 6.45) is 9.84. The minimum atomic E-state index is -3.38. The quantitative estimate of drug-likeness (QED) is 0.470. The Balaban J connectivity index is 1.40. The summed E-state index contributed by atoms with van der Waals surface area (Å²) in [5.41, 5.74) is 2.97. The maximum absolute atomic E-state index is 12.2. The molecule has 0 aliphatic heterocycles. The van der Waals surface area contributed by atoms with Crippen LogP contribution in [0.25, 0.3) is 5.65 Å². The van der Waals surface area contributed by atoms with Crippen molar-refractivity contribution in [2.75, 3.05) is 11.3 Å². The number of fused-ring (bicyclic) bond motifs is 1. The summed E-state index contributed by atoms with van der Waals surface area (Å²) in [6.45, 7) is 9.22. The number of aromatic nitrogens is 3. The van der Waals surface area contributed by atoms with E-state index in [2.05, 4.69) is 35.3 Å². The Bertz CT molecular complexity index is 1030. The zero-order valence-corrected chi connectivity index (χ0v) is 18.7. The Hall–Kier alpha value is -2.09. The standard InChI is InChI=1S/C22H32N4O3S/c1-4-18-14-26-21(23-24-22(26)25-30(27,28)19-7-8-19)13-20(18)29-9-5-6-17-11-15(2)10-16(3)12-17/h13-14,16-17,19H,2,4-12H2,1,3H3,(H,24,25). The fraction of sp³-hybridized carbons (Fsp3) is 0.636. The van der Waals surface area contributed by atoms with Gasteiger partial charge in [0, 0.05) is 17.8 Å². The zero-order chi connectivity index (χ0) is 21.3. The molecule has 2 fully saturated rings. The Morgan fingerprint density at radius 3 is 2.80 bits per heavy atom. The number of hydrogen-bond donors (Lipinski definition) is 1. The molecule has 0 radical (unpaired) electrons. The first-order valence-corrected chi connectivity index (χ1v) is 12.6. The number of aryl methyl sites for hydroxylation is 1. The highest BCUT2D eigenvalue weighted by molar-refractivity contribution is 7.93. The van der Waals surface area contributed by atoms with Crippen LogP contribution >= 0.6 is 0 Å². The van der Waals surface area contributed by atoms with Crippen LogP contribution in [0.4, 0.5) is 5.95 Å². The molecule has 2 atom stereocenters. The highest BCUT2D eigenvalue weighted by Crippen LogP contribution is 2.34. The fourth-order valence-corrected chi connectivity index (χ4v) is 5.83. The molecular weight excluding hydrogens is 400 g/mol. The second kappa shape index (κ2) is 8.57. The molecule has 2 aliphatic carbocycles. The maximum Gasteiger partial charge on any atom is 0.242 e. The molecule has 0 bridgehead atoms. The van der Waals surface area contributed by atoms with Crippen molar-refractivity contribution < 1.29 is 13.2 Å². The summed E-state index contributed by atoms with van der Waals surface area (Å²) < 4.78 is 34.9. The van der Waals surface area contributed by atoms with Gasteiger partial charge in [0.05, 0.1) is 11.9 Å². The molecule has 2 aliphatic rings. The highest BCUT2D eigenvalue weighted by Gasteiger charge is 2.36. The minimum Gasteiger partial charge on any atom is -0.493 e. The normalized spacial score (nSPS) is 22.4. The molecule has 2 aromatic rings. The van der Waals surface area contributed by atoms with Crippen molar-refractivity contribution in [3.8, 4) is 5.75 Å². The summed E-state index contributed by atoms with van der Waals surface area (Å²) in [4.78, 5) is 0. The molecule has 4 rings (SSSR count). The number of allylic oxidation sites excluding steroid dienone is 1. The van der Waals surface area contributed by atoms with Gasteiger partial charge in [-0.05, 0) is 63.2 Å². The van der Waals surface area contributed by atoms with Crippen molar-refractivity contribution in [3.05, 3.63) is 30.0 Å². The summed E-state index contributed by atoms with van der Waals surface area (Å²) in [7, 11) is -3.38. The van der Waals surface area contributed by atoms with Crippen LogP contribution in [-0.2, 0) is 16.4 Å². The predicted molar refractivity (Wildman–Crippen MR) is 118 cm³/mol. The van der Waals surface area contributed by atoms with Crippen molar-refractivity contribution in [2.24, 2.45) is 11.8 Å². The van der Waals surface area contributed by atoms with Gasteiger partial charge in [0.1, 0.15) is 5.75 Å². The largest absolute Gasteiger partial charge is 0.493 e. The lowest BCUT2D eigenvalue weighted by Crippen LogP contribution is -2.19. The monoisotopic (exact) mass is 432 g/mol. The van der Waals surface area contributed by atoms with E-state index in [4.69, 9.17) is 4.74 Å². The number of anilines is 1. The predicted octanol–water partition coefficient (Wildman–Crippen LogP) is 4.35. The lowest BCUT2D eigenvalue weighted by atomic mass is 9.78. The number of nitrogens with one attached hydrogen (secondary N) is 1. The summed E-state index contributed by atoms with van der Waals surface area (Å²) >= 11 is 0. The molecule has 2 saturated carbocycles. The third-order valence-electron chi connectivity index (χ3n) is 6.13. The average Bonchev–Trinajstić information content (AvgIpc) is 3.48. The summed E-state index contributed by atoms with van der Waals surface area (Å²) in [5.74, 6) is 2.50. The molecule has 30 heavy (non-hydrogen) atoms. The van der Waals surface area contributed by atoms with Gasteiger partial charge in [-0.25, -0.2) is 8.42 Å². The van der Waals surface area contributed by atoms with Gasteiger partial charge in [0.25, 0.3) is 0 Å². The fourth-order valence-electron chi connectivity index (χ4n) is 4.51. The molecule has 2 aromatic heterocycles. The first kappa shape index (κ1) is 21.2. The summed E-state index contributed by atoms with van der Waals surface area (Å²) in [6, 6.07) is 1.85. The van der Waals surface area contributed by atoms with Crippen molar-refractivity contribution in [3.63, 3.8) is 0 Å². The van der Waals surface area contributed by atoms with E-state index >= 15 is 0 Å². The van der Waals surface area contributed by atoms with E-state index in [1.807, 2.05) is 12.3 Å². The van der Waals surface area contributed by atoms with Gasteiger partial charge < -0.3 is 4.74 Å². The van der Waals surface area contributed by atoms with Gasteiger partial charge in [-0.3, -0.25) is 9.12 Å². The molecule has 0 amide bonds. The average molecular weight is 433 g/mol. The first-order valence-electron chi connectivity index (χ1n) is 11.0. The van der Waals surface area contributed by atoms with Gasteiger partial charge in [-0.1, -0.05) is 26.0 Å². The van der Waals surface area contributed by atoms with Crippen molar-refractivity contribution >= 4 is 21.6 Å². The summed E-state index contributed by atoms with van der Waals surface area (Å²) in [5, 5.41) is 7.87. The van der Waals surface area contributed by atoms with Crippen molar-refractivity contribution in [1.82, 2.24) is 14.6 Å². The lowest BCUT2D eigenvalue weighted by molar-refractivity contribution is 0.263. The van der Waals surface area contributed by atoms with Crippen LogP contribution in [0.5, 0.6) is 5.75 Å². The Morgan fingerprint density at radius 2 is 2.10 bits per heavy atom. The highest BCUT2D eigenvalue weighted by atomic mass is 32.2. The van der Waals surface area contributed by atoms with Crippen LogP contribution in [0.2, 0.25) is 0 Å². The molecule has 8 heteroatoms. The second-order valence-corrected chi connectivity index (χ2v) is 10.9. The number of hydrogen-bond acceptors (Lipinski definition) is 5. The van der Waals surface area contributed by atoms with Gasteiger partial charge in [0.2, 0.25) is 16.0 Å². The van der Waals surface area contributed by atoms with Crippen LogP contribution in [0, 0.1) is 11.8 Å². The van der Waals surface area contributed by atoms with E-state index in [1.54, 1.807) is 4.40 Å². The Kier molecular flexibility index (Phi) is 6.04. The number of ether oxygens (including phenoxy) is 1. The van der Waals surface area contributed by atoms with Crippen LogP contribution in [0.15, 0.2) is 24.4 Å². The molecule has 1 N–H and O–H groups in total. The number of pyridine rings is 1. The van der Waals surface area contributed by atoms with Crippen LogP contribution in [0.1, 0.15) is 64.4 Å². The molecule has 0 saturated heterocycles. The third-order valence-corrected chi connectivity index (χ3v) is 7.94. The molecule has 7 nitrogen and oxygen atoms in total. The van der Waals surface area contributed by atoms with E-state index in [0.717, 1.165) is 48.8 Å². The minimum absolute atomic E-state index is 0.241. The Labute approximate surface area is 179 Å². The smallest absolute Gasteiger partial charge is 0.242 e. The van der Waals surface area contributed by atoms with Gasteiger partial charge >= 0.3 is 0 Å². The topological polar surface area (TPSA) is 85.6 Å². The molecule has 2 unspecified atom stereocenters. The maximum atomic E-state index is 12.2. The second-order valence-electron chi connectivity index (χ2n) is 8.97. The van der Waals surface area contributed by atoms with E-state index in [-0.39, 0.29) is 11.2 Å². The number of rotatable bonds is 9. The van der Waals surface area contributed by atoms with Crippen LogP contribution < -0.4 is 9.46 Å². The molecule has 0 spiro atoms. The van der Waals surface area contributed by atoms with E-state index < -0.39 is 10.0 Å². The molecule has 2 heterocycles. The van der Waals surface area contributed by atoms with Gasteiger partial charge in [-0.15, -0.1) is 10.2 Å². The number of sulfonamides is 1. The van der Waals surface area contributed by atoms with Crippen LogP contribution in [0.3, 0.4) is 0 Å². The van der Waals surface area contributed by atoms with Gasteiger partial charge in [-0.2, -0.15) is 0 Å². The van der Waals surface area contributed by atoms with Gasteiger partial charge in [0.15, 0.2) is 5.65 Å². The lowest BCUT2D eigenvalue weighted by Gasteiger charge is -2.28. The van der Waals surface area contributed by atoms with Crippen LogP contribution in [-0.4, -0.2) is 34.9 Å². The molecular formula is C22H32N4O3S. The molecule has 164 valence electrons. The van der Waals surface area contributed by atoms with Crippen molar-refractivity contribution in [1.29, 1.82) is 0 Å². The van der Waals surface area contributed by atoms with E-state index in [9.17, 15) is 8.42 Å². The zero-order valence-electron chi connectivity index (χ0n) is 17.9. The SMILES string of the molecule is C=C1CC(C)CC(CCCOc2cc3nnc(NS(=O)(=O)C4CC4)n3cc2CC)C1. The molecule has 0 aromatic carbocycles. The van der Waals surface area contributed by atoms with E-state index in [1.165, 1.54) is 18.4 Å².